The van der Waals surface area contributed by atoms with Gasteiger partial charge in [-0.1, -0.05) is 17.7 Å². The van der Waals surface area contributed by atoms with Crippen LogP contribution in [0.15, 0.2) is 41.3 Å². The highest BCUT2D eigenvalue weighted by Gasteiger charge is 2.18. The summed E-state index contributed by atoms with van der Waals surface area (Å²) in [5.74, 6) is -1.12. The standard InChI is InChI=1S/C16H14ClN3O4S/c1-9-11(17)3-2-4-12(9)19-15(21)8-25-14-6-5-10(16(18)22)7-13(14)20(23)24/h2-7H,8H2,1H3,(H2,18,22)(H,19,21). The van der Waals surface area contributed by atoms with Crippen molar-refractivity contribution in [1.29, 1.82) is 0 Å². The summed E-state index contributed by atoms with van der Waals surface area (Å²) in [5.41, 5.74) is 6.21. The minimum Gasteiger partial charge on any atom is -0.366 e. The van der Waals surface area contributed by atoms with Crippen molar-refractivity contribution >= 4 is 46.6 Å². The third-order valence-corrected chi connectivity index (χ3v) is 4.81. The van der Waals surface area contributed by atoms with Gasteiger partial charge in [-0.05, 0) is 36.8 Å². The number of carbonyl (C=O) groups excluding carboxylic acids is 2. The monoisotopic (exact) mass is 379 g/mol. The van der Waals surface area contributed by atoms with Crippen molar-refractivity contribution in [2.24, 2.45) is 5.73 Å². The number of carbonyl (C=O) groups is 2. The lowest BCUT2D eigenvalue weighted by atomic mass is 10.2. The van der Waals surface area contributed by atoms with Crippen LogP contribution >= 0.6 is 23.4 Å². The van der Waals surface area contributed by atoms with E-state index in [1.807, 2.05) is 0 Å². The van der Waals surface area contributed by atoms with Gasteiger partial charge in [0.2, 0.25) is 11.8 Å². The van der Waals surface area contributed by atoms with Gasteiger partial charge in [0, 0.05) is 22.3 Å². The maximum absolute atomic E-state index is 12.1. The van der Waals surface area contributed by atoms with Gasteiger partial charge in [-0.3, -0.25) is 19.7 Å². The van der Waals surface area contributed by atoms with E-state index in [0.29, 0.717) is 10.7 Å². The summed E-state index contributed by atoms with van der Waals surface area (Å²) in [6.07, 6.45) is 0. The predicted molar refractivity (Wildman–Crippen MR) is 97.2 cm³/mol. The molecular weight excluding hydrogens is 366 g/mol. The number of nitrogens with zero attached hydrogens (tertiary/aromatic N) is 1. The van der Waals surface area contributed by atoms with Crippen LogP contribution < -0.4 is 11.1 Å². The van der Waals surface area contributed by atoms with E-state index in [4.69, 9.17) is 17.3 Å². The van der Waals surface area contributed by atoms with Gasteiger partial charge in [-0.2, -0.15) is 0 Å². The molecule has 2 amide bonds. The molecule has 0 aliphatic carbocycles. The smallest absolute Gasteiger partial charge is 0.283 e. The Hall–Kier alpha value is -2.58. The molecule has 7 nitrogen and oxygen atoms in total. The summed E-state index contributed by atoms with van der Waals surface area (Å²) in [6.45, 7) is 1.78. The third kappa shape index (κ3) is 4.71. The molecule has 0 aliphatic rings. The molecule has 2 aromatic carbocycles. The molecule has 130 valence electrons. The molecule has 0 fully saturated rings. The summed E-state index contributed by atoms with van der Waals surface area (Å²) in [5, 5.41) is 14.4. The second kappa shape index (κ2) is 8.00. The molecule has 0 bridgehead atoms. The maximum Gasteiger partial charge on any atom is 0.283 e. The van der Waals surface area contributed by atoms with Gasteiger partial charge in [0.05, 0.1) is 15.6 Å². The number of primary amides is 1. The van der Waals surface area contributed by atoms with Crippen molar-refractivity contribution in [1.82, 2.24) is 0 Å². The van der Waals surface area contributed by atoms with E-state index in [1.54, 1.807) is 25.1 Å². The highest BCUT2D eigenvalue weighted by atomic mass is 35.5. The van der Waals surface area contributed by atoms with E-state index in [9.17, 15) is 19.7 Å². The molecule has 0 aliphatic heterocycles. The Morgan fingerprint density at radius 2 is 2.04 bits per heavy atom. The van der Waals surface area contributed by atoms with Crippen LogP contribution in [0.5, 0.6) is 0 Å². The lowest BCUT2D eigenvalue weighted by molar-refractivity contribution is -0.387. The second-order valence-corrected chi connectivity index (χ2v) is 6.48. The first kappa shape index (κ1) is 18.8. The van der Waals surface area contributed by atoms with Crippen LogP contribution in [0.1, 0.15) is 15.9 Å². The van der Waals surface area contributed by atoms with E-state index in [2.05, 4.69) is 5.32 Å². The minimum atomic E-state index is -0.756. The Kier molecular flexibility index (Phi) is 6.00. The predicted octanol–water partition coefficient (Wildman–Crippen LogP) is 3.39. The third-order valence-electron chi connectivity index (χ3n) is 3.34. The lowest BCUT2D eigenvalue weighted by Crippen LogP contribution is -2.15. The number of anilines is 1. The molecule has 0 aromatic heterocycles. The highest BCUT2D eigenvalue weighted by molar-refractivity contribution is 8.00. The van der Waals surface area contributed by atoms with Gasteiger partial charge in [-0.25, -0.2) is 0 Å². The number of amides is 2. The number of nitrogens with two attached hydrogens (primary N) is 1. The van der Waals surface area contributed by atoms with Crippen molar-refractivity contribution in [3.63, 3.8) is 0 Å². The first-order valence-corrected chi connectivity index (χ1v) is 8.42. The van der Waals surface area contributed by atoms with Gasteiger partial charge in [0.1, 0.15) is 0 Å². The van der Waals surface area contributed by atoms with Gasteiger partial charge < -0.3 is 11.1 Å². The van der Waals surface area contributed by atoms with E-state index in [-0.39, 0.29) is 27.8 Å². The van der Waals surface area contributed by atoms with Crippen LogP contribution in [0.2, 0.25) is 5.02 Å². The molecular formula is C16H14ClN3O4S. The fourth-order valence-electron chi connectivity index (χ4n) is 2.01. The molecule has 0 spiro atoms. The fourth-order valence-corrected chi connectivity index (χ4v) is 2.99. The van der Waals surface area contributed by atoms with E-state index in [0.717, 1.165) is 23.4 Å². The van der Waals surface area contributed by atoms with Crippen molar-refractivity contribution in [2.45, 2.75) is 11.8 Å². The van der Waals surface area contributed by atoms with Gasteiger partial charge in [0.25, 0.3) is 5.69 Å². The first-order valence-electron chi connectivity index (χ1n) is 7.05. The van der Waals surface area contributed by atoms with Crippen LogP contribution in [0.4, 0.5) is 11.4 Å². The summed E-state index contributed by atoms with van der Waals surface area (Å²) < 4.78 is 0. The Balaban J connectivity index is 2.10. The number of halogens is 1. The first-order chi connectivity index (χ1) is 11.8. The zero-order valence-electron chi connectivity index (χ0n) is 13.1. The van der Waals surface area contributed by atoms with Gasteiger partial charge in [0.15, 0.2) is 0 Å². The summed E-state index contributed by atoms with van der Waals surface area (Å²) in [4.78, 5) is 34.0. The number of rotatable bonds is 6. The summed E-state index contributed by atoms with van der Waals surface area (Å²) >= 11 is 6.99. The second-order valence-electron chi connectivity index (χ2n) is 5.05. The summed E-state index contributed by atoms with van der Waals surface area (Å²) in [6, 6.07) is 9.03. The molecule has 3 N–H and O–H groups in total. The largest absolute Gasteiger partial charge is 0.366 e. The summed E-state index contributed by atoms with van der Waals surface area (Å²) in [7, 11) is 0. The zero-order chi connectivity index (χ0) is 18.6. The maximum atomic E-state index is 12.1. The SMILES string of the molecule is Cc1c(Cl)cccc1NC(=O)CSc1ccc(C(N)=O)cc1[N+](=O)[O-]. The quantitative estimate of drug-likeness (QED) is 0.453. The van der Waals surface area contributed by atoms with Crippen molar-refractivity contribution in [2.75, 3.05) is 11.1 Å². The molecule has 25 heavy (non-hydrogen) atoms. The van der Waals surface area contributed by atoms with Gasteiger partial charge in [-0.15, -0.1) is 11.8 Å². The van der Waals surface area contributed by atoms with Crippen molar-refractivity contribution in [3.8, 4) is 0 Å². The van der Waals surface area contributed by atoms with Crippen LogP contribution in [-0.2, 0) is 4.79 Å². The number of hydrogen-bond donors (Lipinski definition) is 2. The minimum absolute atomic E-state index is 0.0371. The molecule has 0 heterocycles. The highest BCUT2D eigenvalue weighted by Crippen LogP contribution is 2.30. The van der Waals surface area contributed by atoms with Crippen molar-refractivity contribution < 1.29 is 14.5 Å². The molecule has 0 atom stereocenters. The molecule has 2 aromatic rings. The molecule has 9 heteroatoms. The Morgan fingerprint density at radius 3 is 2.68 bits per heavy atom. The van der Waals surface area contributed by atoms with E-state index < -0.39 is 10.8 Å². The Morgan fingerprint density at radius 1 is 1.32 bits per heavy atom. The van der Waals surface area contributed by atoms with Gasteiger partial charge >= 0.3 is 0 Å². The normalized spacial score (nSPS) is 10.3. The molecule has 0 saturated heterocycles. The topological polar surface area (TPSA) is 115 Å². The fraction of sp³-hybridized carbons (Fsp3) is 0.125. The number of benzene rings is 2. The number of nitro groups is 1. The van der Waals surface area contributed by atoms with Crippen LogP contribution in [0, 0.1) is 17.0 Å². The van der Waals surface area contributed by atoms with Crippen molar-refractivity contribution in [3.05, 3.63) is 62.7 Å². The van der Waals surface area contributed by atoms with E-state index in [1.165, 1.54) is 12.1 Å². The Bertz CT molecular complexity index is 857. The van der Waals surface area contributed by atoms with Crippen LogP contribution in [0.3, 0.4) is 0 Å². The lowest BCUT2D eigenvalue weighted by Gasteiger charge is -2.09. The zero-order valence-corrected chi connectivity index (χ0v) is 14.7. The average molecular weight is 380 g/mol. The van der Waals surface area contributed by atoms with Crippen LogP contribution in [-0.4, -0.2) is 22.5 Å². The molecule has 2 rings (SSSR count). The molecule has 0 radical (unpaired) electrons. The Labute approximate surface area is 152 Å². The number of hydrogen-bond acceptors (Lipinski definition) is 5. The average Bonchev–Trinajstić information content (AvgIpc) is 2.56. The number of nitro benzene ring substituents is 1. The number of thioether (sulfide) groups is 1. The van der Waals surface area contributed by atoms with Crippen LogP contribution in [0.25, 0.3) is 0 Å². The number of nitrogens with one attached hydrogen (secondary N) is 1. The van der Waals surface area contributed by atoms with E-state index >= 15 is 0 Å². The molecule has 0 saturated carbocycles. The molecule has 0 unspecified atom stereocenters.